The quantitative estimate of drug-likeness (QED) is 0.162. The van der Waals surface area contributed by atoms with Crippen molar-refractivity contribution in [1.82, 2.24) is 0 Å². The molecule has 0 saturated carbocycles. The lowest BCUT2D eigenvalue weighted by molar-refractivity contribution is 0.653. The summed E-state index contributed by atoms with van der Waals surface area (Å²) in [5, 5.41) is 7.69. The minimum Gasteiger partial charge on any atom is -0.0622 e. The Morgan fingerprint density at radius 3 is 1.31 bits per heavy atom. The zero-order valence-corrected chi connectivity index (χ0v) is 31.2. The molecule has 256 valence electrons. The van der Waals surface area contributed by atoms with Gasteiger partial charge in [-0.1, -0.05) is 191 Å². The molecule has 9 aromatic carbocycles. The van der Waals surface area contributed by atoms with Crippen molar-refractivity contribution in [3.05, 3.63) is 192 Å². The summed E-state index contributed by atoms with van der Waals surface area (Å²) in [5.41, 5.74) is 18.7. The molecule has 0 saturated heterocycles. The SMILES string of the molecule is CC1(C)c2ccccc2-c2c1cc1c(c2-c2ccc(-c3c4ccccc4c(-c4ccccc4)c4ccccc34)c3ccccc23)C(C)(C)c2ccccc2-1. The molecule has 11 rings (SSSR count). The Balaban J connectivity index is 1.27. The lowest BCUT2D eigenvalue weighted by Gasteiger charge is -2.29. The molecule has 54 heavy (non-hydrogen) atoms. The number of hydrogen-bond acceptors (Lipinski definition) is 0. The highest BCUT2D eigenvalue weighted by molar-refractivity contribution is 6.24. The molecule has 0 heterocycles. The predicted octanol–water partition coefficient (Wildman–Crippen LogP) is 14.8. The standard InChI is InChI=1S/C54H40/c1-53(2)46-29-17-15-27-43(46)50-47(53)32-44-36-22-14-16-28-45(36)54(3,4)52(44)51(50)42-31-30-41(34-20-8-9-21-35(34)42)49-39-25-12-10-23-37(39)48(33-18-6-5-7-19-33)38-24-11-13-26-40(38)49/h5-32H,1-4H3. The molecule has 0 aromatic heterocycles. The molecule has 0 bridgehead atoms. The molecule has 0 fully saturated rings. The second-order valence-corrected chi connectivity index (χ2v) is 16.4. The maximum absolute atomic E-state index is 2.55. The average molecular weight is 689 g/mol. The van der Waals surface area contributed by atoms with Gasteiger partial charge in [0.2, 0.25) is 0 Å². The van der Waals surface area contributed by atoms with Gasteiger partial charge >= 0.3 is 0 Å². The second kappa shape index (κ2) is 11.1. The van der Waals surface area contributed by atoms with E-state index >= 15 is 0 Å². The van der Waals surface area contributed by atoms with Crippen LogP contribution in [0.1, 0.15) is 49.9 Å². The molecule has 0 spiro atoms. The van der Waals surface area contributed by atoms with Crippen LogP contribution in [-0.2, 0) is 10.8 Å². The van der Waals surface area contributed by atoms with Crippen LogP contribution in [0.15, 0.2) is 170 Å². The molecule has 2 aliphatic carbocycles. The Labute approximate surface area is 317 Å². The van der Waals surface area contributed by atoms with Crippen LogP contribution in [0.2, 0.25) is 0 Å². The molecular formula is C54H40. The molecule has 0 atom stereocenters. The van der Waals surface area contributed by atoms with Gasteiger partial charge < -0.3 is 0 Å². The van der Waals surface area contributed by atoms with Crippen LogP contribution in [0.25, 0.3) is 88.0 Å². The van der Waals surface area contributed by atoms with E-state index in [9.17, 15) is 0 Å². The van der Waals surface area contributed by atoms with Gasteiger partial charge in [0.1, 0.15) is 0 Å². The van der Waals surface area contributed by atoms with E-state index in [4.69, 9.17) is 0 Å². The third-order valence-electron chi connectivity index (χ3n) is 12.8. The largest absolute Gasteiger partial charge is 0.0622 e. The van der Waals surface area contributed by atoms with Gasteiger partial charge in [-0.25, -0.2) is 0 Å². The molecule has 9 aromatic rings. The zero-order chi connectivity index (χ0) is 36.3. The van der Waals surface area contributed by atoms with Crippen molar-refractivity contribution >= 4 is 32.3 Å². The molecule has 2 aliphatic rings. The van der Waals surface area contributed by atoms with Crippen molar-refractivity contribution in [3.63, 3.8) is 0 Å². The van der Waals surface area contributed by atoms with Crippen LogP contribution >= 0.6 is 0 Å². The molecule has 0 heteroatoms. The van der Waals surface area contributed by atoms with E-state index in [1.807, 2.05) is 0 Å². The molecule has 0 radical (unpaired) electrons. The van der Waals surface area contributed by atoms with E-state index in [-0.39, 0.29) is 10.8 Å². The Kier molecular flexibility index (Phi) is 6.46. The minimum atomic E-state index is -0.169. The number of hydrogen-bond donors (Lipinski definition) is 0. The molecule has 0 N–H and O–H groups in total. The van der Waals surface area contributed by atoms with Gasteiger partial charge in [-0.15, -0.1) is 0 Å². The van der Waals surface area contributed by atoms with Gasteiger partial charge in [0, 0.05) is 10.8 Å². The topological polar surface area (TPSA) is 0 Å². The summed E-state index contributed by atoms with van der Waals surface area (Å²) in [7, 11) is 0. The first-order chi connectivity index (χ1) is 26.4. The van der Waals surface area contributed by atoms with E-state index in [0.717, 1.165) is 0 Å². The van der Waals surface area contributed by atoms with Crippen molar-refractivity contribution in [2.75, 3.05) is 0 Å². The highest BCUT2D eigenvalue weighted by Gasteiger charge is 2.44. The maximum Gasteiger partial charge on any atom is 0.0165 e. The number of rotatable bonds is 3. The van der Waals surface area contributed by atoms with Crippen LogP contribution in [-0.4, -0.2) is 0 Å². The van der Waals surface area contributed by atoms with Crippen LogP contribution in [0, 0.1) is 0 Å². The van der Waals surface area contributed by atoms with Crippen molar-refractivity contribution in [1.29, 1.82) is 0 Å². The fourth-order valence-corrected chi connectivity index (χ4v) is 10.4. The van der Waals surface area contributed by atoms with Gasteiger partial charge in [0.25, 0.3) is 0 Å². The monoisotopic (exact) mass is 688 g/mol. The van der Waals surface area contributed by atoms with Gasteiger partial charge in [0.15, 0.2) is 0 Å². The minimum absolute atomic E-state index is 0.120. The third-order valence-corrected chi connectivity index (χ3v) is 12.8. The van der Waals surface area contributed by atoms with E-state index < -0.39 is 0 Å². The summed E-state index contributed by atoms with van der Waals surface area (Å²) < 4.78 is 0. The fraction of sp³-hybridized carbons (Fsp3) is 0.111. The first kappa shape index (κ1) is 31.3. The fourth-order valence-electron chi connectivity index (χ4n) is 10.4. The van der Waals surface area contributed by atoms with Crippen molar-refractivity contribution in [2.24, 2.45) is 0 Å². The second-order valence-electron chi connectivity index (χ2n) is 16.4. The zero-order valence-electron chi connectivity index (χ0n) is 31.2. The molecular weight excluding hydrogens is 649 g/mol. The van der Waals surface area contributed by atoms with Crippen LogP contribution in [0.5, 0.6) is 0 Å². The highest BCUT2D eigenvalue weighted by atomic mass is 14.5. The van der Waals surface area contributed by atoms with Gasteiger partial charge in [0.05, 0.1) is 0 Å². The summed E-state index contributed by atoms with van der Waals surface area (Å²) in [6.45, 7) is 9.69. The first-order valence-electron chi connectivity index (χ1n) is 19.3. The van der Waals surface area contributed by atoms with Gasteiger partial charge in [-0.2, -0.15) is 0 Å². The predicted molar refractivity (Wildman–Crippen MR) is 230 cm³/mol. The Bertz CT molecular complexity index is 2970. The number of fused-ring (bicyclic) bond motifs is 9. The Hall–Kier alpha value is -6.24. The summed E-state index contributed by atoms with van der Waals surface area (Å²) in [6, 6.07) is 63.7. The summed E-state index contributed by atoms with van der Waals surface area (Å²) in [6.07, 6.45) is 0. The smallest absolute Gasteiger partial charge is 0.0165 e. The third kappa shape index (κ3) is 4.09. The maximum atomic E-state index is 2.55. The van der Waals surface area contributed by atoms with E-state index in [2.05, 4.69) is 198 Å². The first-order valence-corrected chi connectivity index (χ1v) is 19.3. The highest BCUT2D eigenvalue weighted by Crippen LogP contribution is 2.61. The van der Waals surface area contributed by atoms with E-state index in [0.29, 0.717) is 0 Å². The lowest BCUT2D eigenvalue weighted by Crippen LogP contribution is -2.18. The molecule has 0 aliphatic heterocycles. The average Bonchev–Trinajstić information content (AvgIpc) is 3.59. The van der Waals surface area contributed by atoms with Crippen molar-refractivity contribution in [2.45, 2.75) is 38.5 Å². The van der Waals surface area contributed by atoms with Crippen molar-refractivity contribution in [3.8, 4) is 55.6 Å². The summed E-state index contributed by atoms with van der Waals surface area (Å²) in [4.78, 5) is 0. The molecule has 0 unspecified atom stereocenters. The molecule has 0 amide bonds. The molecule has 0 nitrogen and oxygen atoms in total. The number of benzene rings is 9. The van der Waals surface area contributed by atoms with Crippen LogP contribution in [0.3, 0.4) is 0 Å². The Morgan fingerprint density at radius 1 is 0.278 bits per heavy atom. The summed E-state index contributed by atoms with van der Waals surface area (Å²) >= 11 is 0. The normalized spacial score (nSPS) is 14.6. The lowest BCUT2D eigenvalue weighted by atomic mass is 9.74. The van der Waals surface area contributed by atoms with Gasteiger partial charge in [-0.3, -0.25) is 0 Å². The van der Waals surface area contributed by atoms with Crippen LogP contribution < -0.4 is 0 Å². The van der Waals surface area contributed by atoms with Crippen molar-refractivity contribution < 1.29 is 0 Å². The van der Waals surface area contributed by atoms with Crippen LogP contribution in [0.4, 0.5) is 0 Å². The van der Waals surface area contributed by atoms with E-state index in [1.165, 1.54) is 110 Å². The Morgan fingerprint density at radius 2 is 0.722 bits per heavy atom. The van der Waals surface area contributed by atoms with Gasteiger partial charge in [-0.05, 0) is 116 Å². The van der Waals surface area contributed by atoms with E-state index in [1.54, 1.807) is 0 Å². The summed E-state index contributed by atoms with van der Waals surface area (Å²) in [5.74, 6) is 0.